The van der Waals surface area contributed by atoms with Gasteiger partial charge in [-0.3, -0.25) is 0 Å². The van der Waals surface area contributed by atoms with Crippen LogP contribution in [0.3, 0.4) is 0 Å². The highest BCUT2D eigenvalue weighted by atomic mass is 14.3. The summed E-state index contributed by atoms with van der Waals surface area (Å²) < 4.78 is 0. The van der Waals surface area contributed by atoms with Gasteiger partial charge in [-0.2, -0.15) is 0 Å². The first-order valence-corrected chi connectivity index (χ1v) is 14.1. The summed E-state index contributed by atoms with van der Waals surface area (Å²) in [6.07, 6.45) is 0.962. The molecule has 0 heterocycles. The molecule has 1 aliphatic rings. The molecular weight excluding hydrogens is 480 g/mol. The lowest BCUT2D eigenvalue weighted by Gasteiger charge is -2.18. The maximum atomic E-state index is 2.42. The third-order valence-electron chi connectivity index (χ3n) is 8.69. The standard InChI is InChI=1S/C40H28/c1-26-33(38-24-30-17-9-8-16-29(30)23-37(38)27-12-4-2-5-13-27)20-21-35-36(26)25-32-22-31-18-10-11-19-34(31)39(40(32)35)28-14-6-3-7-15-28/h2-24H,25H2,1H3. The zero-order valence-corrected chi connectivity index (χ0v) is 22.5. The lowest BCUT2D eigenvalue weighted by molar-refractivity contribution is 1.22. The zero-order chi connectivity index (χ0) is 26.6. The monoisotopic (exact) mass is 508 g/mol. The summed E-state index contributed by atoms with van der Waals surface area (Å²) in [4.78, 5) is 0. The van der Waals surface area contributed by atoms with E-state index in [2.05, 4.69) is 146 Å². The molecule has 0 heteroatoms. The van der Waals surface area contributed by atoms with Gasteiger partial charge in [-0.1, -0.05) is 127 Å². The van der Waals surface area contributed by atoms with Crippen LogP contribution >= 0.6 is 0 Å². The quantitative estimate of drug-likeness (QED) is 0.223. The molecule has 0 N–H and O–H groups in total. The van der Waals surface area contributed by atoms with Crippen LogP contribution in [0.2, 0.25) is 0 Å². The third kappa shape index (κ3) is 3.53. The molecule has 8 rings (SSSR count). The van der Waals surface area contributed by atoms with E-state index in [1.165, 1.54) is 82.7 Å². The fraction of sp³-hybridized carbons (Fsp3) is 0.0500. The molecule has 0 amide bonds. The third-order valence-corrected chi connectivity index (χ3v) is 8.69. The molecule has 0 unspecified atom stereocenters. The Morgan fingerprint density at radius 3 is 1.73 bits per heavy atom. The predicted octanol–water partition coefficient (Wildman–Crippen LogP) is 10.9. The van der Waals surface area contributed by atoms with E-state index in [1.54, 1.807) is 0 Å². The number of hydrogen-bond acceptors (Lipinski definition) is 0. The smallest absolute Gasteiger partial charge is 0.00102 e. The maximum absolute atomic E-state index is 2.42. The highest BCUT2D eigenvalue weighted by Crippen LogP contribution is 2.49. The first kappa shape index (κ1) is 23.0. The van der Waals surface area contributed by atoms with Crippen molar-refractivity contribution in [2.45, 2.75) is 13.3 Å². The molecule has 0 saturated heterocycles. The fourth-order valence-corrected chi connectivity index (χ4v) is 6.78. The maximum Gasteiger partial charge on any atom is -0.00102 e. The van der Waals surface area contributed by atoms with Crippen molar-refractivity contribution in [1.29, 1.82) is 0 Å². The minimum atomic E-state index is 0.962. The molecular formula is C40H28. The van der Waals surface area contributed by atoms with Crippen molar-refractivity contribution in [2.75, 3.05) is 0 Å². The Hall–Kier alpha value is -4.94. The molecule has 0 saturated carbocycles. The molecule has 0 aromatic heterocycles. The summed E-state index contributed by atoms with van der Waals surface area (Å²) in [6, 6.07) is 51.2. The lowest BCUT2D eigenvalue weighted by Crippen LogP contribution is -1.94. The molecule has 1 aliphatic carbocycles. The van der Waals surface area contributed by atoms with Gasteiger partial charge in [-0.25, -0.2) is 0 Å². The minimum absolute atomic E-state index is 0.962. The Labute approximate surface area is 235 Å². The van der Waals surface area contributed by atoms with Crippen molar-refractivity contribution in [1.82, 2.24) is 0 Å². The minimum Gasteiger partial charge on any atom is -0.0622 e. The number of fused-ring (bicyclic) bond motifs is 5. The van der Waals surface area contributed by atoms with Gasteiger partial charge in [0, 0.05) is 0 Å². The van der Waals surface area contributed by atoms with Crippen molar-refractivity contribution in [3.63, 3.8) is 0 Å². The van der Waals surface area contributed by atoms with E-state index in [9.17, 15) is 0 Å². The van der Waals surface area contributed by atoms with E-state index in [-0.39, 0.29) is 0 Å². The largest absolute Gasteiger partial charge is 0.0622 e. The number of hydrogen-bond donors (Lipinski definition) is 0. The van der Waals surface area contributed by atoms with Crippen LogP contribution in [0, 0.1) is 6.92 Å². The molecule has 40 heavy (non-hydrogen) atoms. The van der Waals surface area contributed by atoms with Crippen LogP contribution in [0.5, 0.6) is 0 Å². The van der Waals surface area contributed by atoms with Gasteiger partial charge in [0.1, 0.15) is 0 Å². The fourth-order valence-electron chi connectivity index (χ4n) is 6.78. The second-order valence-corrected chi connectivity index (χ2v) is 10.9. The van der Waals surface area contributed by atoms with Crippen LogP contribution in [-0.2, 0) is 6.42 Å². The van der Waals surface area contributed by atoms with Gasteiger partial charge >= 0.3 is 0 Å². The van der Waals surface area contributed by atoms with E-state index >= 15 is 0 Å². The molecule has 7 aromatic rings. The SMILES string of the molecule is Cc1c(-c2cc3ccccc3cc2-c2ccccc2)ccc2c1Cc1cc3ccccc3c(-c3ccccc3)c1-2. The Morgan fingerprint density at radius 1 is 0.425 bits per heavy atom. The summed E-state index contributed by atoms with van der Waals surface area (Å²) in [5.41, 5.74) is 14.8. The normalized spacial score (nSPS) is 12.0. The Morgan fingerprint density at radius 2 is 1.00 bits per heavy atom. The van der Waals surface area contributed by atoms with Gasteiger partial charge < -0.3 is 0 Å². The van der Waals surface area contributed by atoms with Gasteiger partial charge in [-0.15, -0.1) is 0 Å². The summed E-state index contributed by atoms with van der Waals surface area (Å²) in [6.45, 7) is 2.33. The van der Waals surface area contributed by atoms with E-state index in [0.29, 0.717) is 0 Å². The molecule has 0 spiro atoms. The van der Waals surface area contributed by atoms with E-state index in [0.717, 1.165) is 6.42 Å². The molecule has 0 bridgehead atoms. The summed E-state index contributed by atoms with van der Waals surface area (Å²) in [5, 5.41) is 5.18. The predicted molar refractivity (Wildman–Crippen MR) is 171 cm³/mol. The van der Waals surface area contributed by atoms with Crippen molar-refractivity contribution < 1.29 is 0 Å². The van der Waals surface area contributed by atoms with Gasteiger partial charge in [0.15, 0.2) is 0 Å². The van der Waals surface area contributed by atoms with Gasteiger partial charge in [0.05, 0.1) is 0 Å². The topological polar surface area (TPSA) is 0 Å². The molecule has 0 radical (unpaired) electrons. The Balaban J connectivity index is 1.38. The van der Waals surface area contributed by atoms with Crippen LogP contribution in [0.15, 0.2) is 140 Å². The second-order valence-electron chi connectivity index (χ2n) is 10.9. The van der Waals surface area contributed by atoms with Crippen LogP contribution in [0.1, 0.15) is 16.7 Å². The highest BCUT2D eigenvalue weighted by Gasteiger charge is 2.27. The van der Waals surface area contributed by atoms with Gasteiger partial charge in [0.2, 0.25) is 0 Å². The number of benzene rings is 7. The van der Waals surface area contributed by atoms with E-state index < -0.39 is 0 Å². The van der Waals surface area contributed by atoms with Crippen LogP contribution in [0.4, 0.5) is 0 Å². The number of rotatable bonds is 3. The Bertz CT molecular complexity index is 2060. The van der Waals surface area contributed by atoms with Gasteiger partial charge in [-0.05, 0) is 108 Å². The van der Waals surface area contributed by atoms with Crippen LogP contribution in [-0.4, -0.2) is 0 Å². The highest BCUT2D eigenvalue weighted by molar-refractivity contribution is 6.08. The van der Waals surface area contributed by atoms with Gasteiger partial charge in [0.25, 0.3) is 0 Å². The van der Waals surface area contributed by atoms with Crippen LogP contribution in [0.25, 0.3) is 66.1 Å². The molecule has 0 atom stereocenters. The summed E-state index contributed by atoms with van der Waals surface area (Å²) in [5.74, 6) is 0. The molecule has 0 fully saturated rings. The van der Waals surface area contributed by atoms with Crippen molar-refractivity contribution in [3.8, 4) is 44.5 Å². The summed E-state index contributed by atoms with van der Waals surface area (Å²) >= 11 is 0. The molecule has 188 valence electrons. The second kappa shape index (κ2) is 9.07. The van der Waals surface area contributed by atoms with E-state index in [4.69, 9.17) is 0 Å². The van der Waals surface area contributed by atoms with Crippen LogP contribution < -0.4 is 0 Å². The Kier molecular flexibility index (Phi) is 5.21. The summed E-state index contributed by atoms with van der Waals surface area (Å²) in [7, 11) is 0. The average molecular weight is 509 g/mol. The molecule has 0 nitrogen and oxygen atoms in total. The van der Waals surface area contributed by atoms with E-state index in [1.807, 2.05) is 0 Å². The van der Waals surface area contributed by atoms with Crippen molar-refractivity contribution in [3.05, 3.63) is 156 Å². The molecule has 0 aliphatic heterocycles. The van der Waals surface area contributed by atoms with Crippen molar-refractivity contribution in [2.24, 2.45) is 0 Å². The first-order valence-electron chi connectivity index (χ1n) is 14.1. The zero-order valence-electron chi connectivity index (χ0n) is 22.5. The lowest BCUT2D eigenvalue weighted by atomic mass is 9.86. The first-order chi connectivity index (χ1) is 19.8. The average Bonchev–Trinajstić information content (AvgIpc) is 3.39. The van der Waals surface area contributed by atoms with Crippen molar-refractivity contribution >= 4 is 21.5 Å². The molecule has 7 aromatic carbocycles.